The van der Waals surface area contributed by atoms with Gasteiger partial charge in [0.2, 0.25) is 5.91 Å². The second-order valence-electron chi connectivity index (χ2n) is 6.76. The van der Waals surface area contributed by atoms with Crippen LogP contribution in [-0.2, 0) is 11.2 Å². The topological polar surface area (TPSA) is 87.2 Å². The molecule has 0 bridgehead atoms. The Hall–Kier alpha value is -3.30. The van der Waals surface area contributed by atoms with Gasteiger partial charge in [0.1, 0.15) is 5.01 Å². The molecule has 0 saturated carbocycles. The predicted octanol–water partition coefficient (Wildman–Crippen LogP) is 4.13. The number of anilines is 2. The van der Waals surface area contributed by atoms with Crippen molar-refractivity contribution in [3.8, 4) is 10.6 Å². The first kappa shape index (κ1) is 18.7. The molecule has 5 rings (SSSR count). The predicted molar refractivity (Wildman–Crippen MR) is 120 cm³/mol. The monoisotopic (exact) mass is 435 g/mol. The fraction of sp³-hybridized carbons (Fsp3) is 0.143. The third-order valence-corrected chi connectivity index (χ3v) is 6.68. The largest absolute Gasteiger partial charge is 0.336 e. The zero-order valence-corrected chi connectivity index (χ0v) is 17.4. The minimum Gasteiger partial charge on any atom is -0.336 e. The van der Waals surface area contributed by atoms with Crippen LogP contribution >= 0.6 is 22.7 Å². The van der Waals surface area contributed by atoms with Crippen molar-refractivity contribution in [2.75, 3.05) is 23.3 Å². The molecular formula is C21H17N5O2S2. The van der Waals surface area contributed by atoms with Gasteiger partial charge in [0.25, 0.3) is 0 Å². The van der Waals surface area contributed by atoms with Crippen LogP contribution < -0.4 is 15.5 Å². The van der Waals surface area contributed by atoms with Crippen molar-refractivity contribution in [1.29, 1.82) is 0 Å². The third-order valence-electron chi connectivity index (χ3n) is 4.69. The number of hydrogen-bond donors (Lipinski definition) is 2. The number of amides is 3. The average Bonchev–Trinajstić information content (AvgIpc) is 3.47. The average molecular weight is 436 g/mol. The van der Waals surface area contributed by atoms with E-state index in [9.17, 15) is 9.59 Å². The number of nitrogens with zero attached hydrogens (tertiary/aromatic N) is 3. The highest BCUT2D eigenvalue weighted by molar-refractivity contribution is 7.21. The van der Waals surface area contributed by atoms with E-state index in [0.717, 1.165) is 26.5 Å². The molecule has 0 unspecified atom stereocenters. The number of rotatable bonds is 5. The third kappa shape index (κ3) is 3.64. The second-order valence-corrected chi connectivity index (χ2v) is 8.63. The molecule has 2 aromatic carbocycles. The number of benzene rings is 2. The molecule has 2 aromatic heterocycles. The molecule has 4 aromatic rings. The minimum atomic E-state index is -0.161. The summed E-state index contributed by atoms with van der Waals surface area (Å²) in [5.74, 6) is -0.161. The normalized spacial score (nSPS) is 13.6. The lowest BCUT2D eigenvalue weighted by Gasteiger charge is -2.09. The van der Waals surface area contributed by atoms with Crippen molar-refractivity contribution in [1.82, 2.24) is 15.3 Å². The fourth-order valence-corrected chi connectivity index (χ4v) is 5.13. The summed E-state index contributed by atoms with van der Waals surface area (Å²) < 4.78 is 1.11. The van der Waals surface area contributed by atoms with E-state index in [4.69, 9.17) is 4.98 Å². The van der Waals surface area contributed by atoms with Gasteiger partial charge in [0, 0.05) is 24.0 Å². The van der Waals surface area contributed by atoms with Crippen LogP contribution in [0.2, 0.25) is 0 Å². The first-order valence-electron chi connectivity index (χ1n) is 9.42. The quantitative estimate of drug-likeness (QED) is 0.493. The number of hydrogen-bond acceptors (Lipinski definition) is 6. The van der Waals surface area contributed by atoms with E-state index in [1.165, 1.54) is 11.3 Å². The molecule has 3 amide bonds. The van der Waals surface area contributed by atoms with Crippen LogP contribution in [-0.4, -0.2) is 35.0 Å². The summed E-state index contributed by atoms with van der Waals surface area (Å²) in [6.07, 6.45) is 0.139. The molecule has 0 aliphatic carbocycles. The Morgan fingerprint density at radius 2 is 1.97 bits per heavy atom. The van der Waals surface area contributed by atoms with Gasteiger partial charge in [-0.15, -0.1) is 22.7 Å². The maximum atomic E-state index is 12.7. The van der Waals surface area contributed by atoms with E-state index >= 15 is 0 Å². The molecule has 30 heavy (non-hydrogen) atoms. The molecule has 9 heteroatoms. The standard InChI is InChI=1S/C21H17N5O2S2/c27-18(11-13-12-29-21(23-13)26-10-9-22-20(26)28)24-15-6-2-1-5-14(15)19-25-16-7-3-4-8-17(16)30-19/h1-8,12H,9-11H2,(H,22,28)(H,24,27). The number of thiazole rings is 2. The van der Waals surface area contributed by atoms with Gasteiger partial charge in [-0.1, -0.05) is 24.3 Å². The molecule has 150 valence electrons. The van der Waals surface area contributed by atoms with Crippen molar-refractivity contribution >= 4 is 55.6 Å². The molecule has 3 heterocycles. The lowest BCUT2D eigenvalue weighted by Crippen LogP contribution is -2.27. The number of carbonyl (C=O) groups excluding carboxylic acids is 2. The summed E-state index contributed by atoms with van der Waals surface area (Å²) in [6.45, 7) is 1.20. The van der Waals surface area contributed by atoms with Crippen molar-refractivity contribution in [2.45, 2.75) is 6.42 Å². The summed E-state index contributed by atoms with van der Waals surface area (Å²) in [7, 11) is 0. The highest BCUT2D eigenvalue weighted by atomic mass is 32.1. The van der Waals surface area contributed by atoms with Crippen LogP contribution in [0.5, 0.6) is 0 Å². The Morgan fingerprint density at radius 3 is 2.80 bits per heavy atom. The minimum absolute atomic E-state index is 0.139. The Labute approximate surface area is 180 Å². The maximum Gasteiger partial charge on any atom is 0.323 e. The van der Waals surface area contributed by atoms with Crippen molar-refractivity contribution < 1.29 is 9.59 Å². The summed E-state index contributed by atoms with van der Waals surface area (Å²) in [5.41, 5.74) is 3.19. The van der Waals surface area contributed by atoms with Crippen LogP contribution in [0.25, 0.3) is 20.8 Å². The lowest BCUT2D eigenvalue weighted by atomic mass is 10.1. The molecular weight excluding hydrogens is 418 g/mol. The highest BCUT2D eigenvalue weighted by Crippen LogP contribution is 2.34. The van der Waals surface area contributed by atoms with E-state index in [0.29, 0.717) is 23.9 Å². The van der Waals surface area contributed by atoms with Crippen LogP contribution in [0.15, 0.2) is 53.9 Å². The van der Waals surface area contributed by atoms with E-state index < -0.39 is 0 Å². The van der Waals surface area contributed by atoms with Gasteiger partial charge in [-0.05, 0) is 24.3 Å². The number of fused-ring (bicyclic) bond motifs is 1. The van der Waals surface area contributed by atoms with Crippen molar-refractivity contribution in [3.05, 3.63) is 59.6 Å². The Bertz CT molecular complexity index is 1220. The van der Waals surface area contributed by atoms with Gasteiger partial charge in [0.15, 0.2) is 5.13 Å². The molecule has 0 atom stereocenters. The van der Waals surface area contributed by atoms with Crippen LogP contribution in [0.4, 0.5) is 15.6 Å². The van der Waals surface area contributed by atoms with E-state index in [2.05, 4.69) is 15.6 Å². The van der Waals surface area contributed by atoms with Crippen LogP contribution in [0.1, 0.15) is 5.69 Å². The summed E-state index contributed by atoms with van der Waals surface area (Å²) in [6, 6.07) is 15.5. The van der Waals surface area contributed by atoms with Gasteiger partial charge in [0.05, 0.1) is 28.0 Å². The number of nitrogens with one attached hydrogen (secondary N) is 2. The zero-order valence-electron chi connectivity index (χ0n) is 15.8. The molecule has 0 spiro atoms. The highest BCUT2D eigenvalue weighted by Gasteiger charge is 2.24. The van der Waals surface area contributed by atoms with Gasteiger partial charge in [-0.25, -0.2) is 14.8 Å². The molecule has 7 nitrogen and oxygen atoms in total. The molecule has 0 radical (unpaired) electrons. The van der Waals surface area contributed by atoms with Gasteiger partial charge >= 0.3 is 6.03 Å². The fourth-order valence-electron chi connectivity index (χ4n) is 3.28. The number of carbonyl (C=O) groups is 2. The maximum absolute atomic E-state index is 12.7. The first-order chi connectivity index (χ1) is 14.7. The van der Waals surface area contributed by atoms with Gasteiger partial charge in [-0.2, -0.15) is 0 Å². The Morgan fingerprint density at radius 1 is 1.13 bits per heavy atom. The van der Waals surface area contributed by atoms with Crippen LogP contribution in [0.3, 0.4) is 0 Å². The smallest absolute Gasteiger partial charge is 0.323 e. The van der Waals surface area contributed by atoms with Gasteiger partial charge in [-0.3, -0.25) is 9.69 Å². The second kappa shape index (κ2) is 7.85. The van der Waals surface area contributed by atoms with Gasteiger partial charge < -0.3 is 10.6 Å². The van der Waals surface area contributed by atoms with E-state index in [1.807, 2.05) is 53.9 Å². The van der Waals surface area contributed by atoms with Crippen LogP contribution in [0, 0.1) is 0 Å². The lowest BCUT2D eigenvalue weighted by molar-refractivity contribution is -0.115. The van der Waals surface area contributed by atoms with Crippen molar-refractivity contribution in [2.24, 2.45) is 0 Å². The van der Waals surface area contributed by atoms with E-state index in [-0.39, 0.29) is 18.4 Å². The van der Waals surface area contributed by atoms with Crippen molar-refractivity contribution in [3.63, 3.8) is 0 Å². The number of urea groups is 1. The molecule has 1 fully saturated rings. The molecule has 1 aliphatic rings. The summed E-state index contributed by atoms with van der Waals surface area (Å²) >= 11 is 2.96. The SMILES string of the molecule is O=C(Cc1csc(N2CCNC2=O)n1)Nc1ccccc1-c1nc2ccccc2s1. The summed E-state index contributed by atoms with van der Waals surface area (Å²) in [5, 5.41) is 9.04. The molecule has 1 aliphatic heterocycles. The first-order valence-corrected chi connectivity index (χ1v) is 11.1. The Kier molecular flexibility index (Phi) is 4.89. The number of aromatic nitrogens is 2. The summed E-state index contributed by atoms with van der Waals surface area (Å²) in [4.78, 5) is 35.2. The molecule has 1 saturated heterocycles. The zero-order chi connectivity index (χ0) is 20.5. The van der Waals surface area contributed by atoms with E-state index in [1.54, 1.807) is 16.2 Å². The Balaban J connectivity index is 1.33. The molecule has 2 N–H and O–H groups in total. The number of para-hydroxylation sites is 2.